The molecule has 0 aromatic rings. The summed E-state index contributed by atoms with van der Waals surface area (Å²) in [5.74, 6) is 0. The molecule has 0 spiro atoms. The van der Waals surface area contributed by atoms with E-state index in [1.54, 1.807) is 0 Å². The van der Waals surface area contributed by atoms with E-state index in [0.29, 0.717) is 10.5 Å². The topological polar surface area (TPSA) is 29.5 Å². The van der Waals surface area contributed by atoms with Gasteiger partial charge >= 0.3 is 0 Å². The van der Waals surface area contributed by atoms with Crippen molar-refractivity contribution in [2.75, 3.05) is 6.61 Å². The molecule has 0 radical (unpaired) electrons. The minimum absolute atomic E-state index is 0.485. The first-order valence-electron chi connectivity index (χ1n) is 2.73. The summed E-state index contributed by atoms with van der Waals surface area (Å²) in [6, 6.07) is 0. The number of alkyl halides is 1. The van der Waals surface area contributed by atoms with Gasteiger partial charge in [-0.15, -0.1) is 0 Å². The SMILES string of the molecule is OC1CCC(I)CO1. The van der Waals surface area contributed by atoms with Gasteiger partial charge in [-0.05, 0) is 12.8 Å². The van der Waals surface area contributed by atoms with Gasteiger partial charge in [0.2, 0.25) is 0 Å². The highest BCUT2D eigenvalue weighted by atomic mass is 127. The van der Waals surface area contributed by atoms with Crippen LogP contribution in [0.2, 0.25) is 0 Å². The summed E-state index contributed by atoms with van der Waals surface area (Å²) >= 11 is 2.33. The summed E-state index contributed by atoms with van der Waals surface area (Å²) in [4.78, 5) is 0. The number of aliphatic hydroxyl groups is 1. The minimum Gasteiger partial charge on any atom is -0.368 e. The predicted molar refractivity (Wildman–Crippen MR) is 39.0 cm³/mol. The van der Waals surface area contributed by atoms with Gasteiger partial charge in [-0.1, -0.05) is 22.6 Å². The van der Waals surface area contributed by atoms with Crippen molar-refractivity contribution in [3.63, 3.8) is 0 Å². The second-order valence-corrected chi connectivity index (χ2v) is 3.72. The van der Waals surface area contributed by atoms with Crippen molar-refractivity contribution in [2.45, 2.75) is 23.1 Å². The van der Waals surface area contributed by atoms with Crippen molar-refractivity contribution >= 4 is 22.6 Å². The minimum atomic E-state index is -0.485. The molecule has 1 aliphatic heterocycles. The van der Waals surface area contributed by atoms with E-state index in [1.165, 1.54) is 0 Å². The Morgan fingerprint density at radius 3 is 2.62 bits per heavy atom. The van der Waals surface area contributed by atoms with Gasteiger partial charge in [-0.25, -0.2) is 0 Å². The van der Waals surface area contributed by atoms with Crippen LogP contribution in [0.5, 0.6) is 0 Å². The Labute approximate surface area is 62.4 Å². The van der Waals surface area contributed by atoms with E-state index in [2.05, 4.69) is 22.6 Å². The normalized spacial score (nSPS) is 39.8. The zero-order chi connectivity index (χ0) is 5.98. The Balaban J connectivity index is 2.19. The van der Waals surface area contributed by atoms with Crippen LogP contribution < -0.4 is 0 Å². The Morgan fingerprint density at radius 2 is 2.25 bits per heavy atom. The summed E-state index contributed by atoms with van der Waals surface area (Å²) in [5, 5.41) is 8.80. The zero-order valence-electron chi connectivity index (χ0n) is 4.51. The number of aliphatic hydroxyl groups excluding tert-OH is 1. The second-order valence-electron chi connectivity index (χ2n) is 1.96. The number of halogens is 1. The Bertz CT molecular complexity index is 58.8. The lowest BCUT2D eigenvalue weighted by atomic mass is 10.2. The van der Waals surface area contributed by atoms with Gasteiger partial charge in [0.1, 0.15) is 0 Å². The molecule has 48 valence electrons. The number of hydrogen-bond donors (Lipinski definition) is 1. The first kappa shape index (κ1) is 6.77. The number of rotatable bonds is 0. The van der Waals surface area contributed by atoms with Crippen LogP contribution in [0, 0.1) is 0 Å². The lowest BCUT2D eigenvalue weighted by Gasteiger charge is -2.21. The Morgan fingerprint density at radius 1 is 1.50 bits per heavy atom. The Hall–Kier alpha value is 0.650. The predicted octanol–water partition coefficient (Wildman–Crippen LogP) is 0.919. The van der Waals surface area contributed by atoms with Gasteiger partial charge in [0.15, 0.2) is 6.29 Å². The van der Waals surface area contributed by atoms with E-state index >= 15 is 0 Å². The van der Waals surface area contributed by atoms with Gasteiger partial charge < -0.3 is 9.84 Å². The summed E-state index contributed by atoms with van der Waals surface area (Å²) in [7, 11) is 0. The van der Waals surface area contributed by atoms with E-state index in [1.807, 2.05) is 0 Å². The molecule has 2 nitrogen and oxygen atoms in total. The zero-order valence-corrected chi connectivity index (χ0v) is 6.67. The molecule has 0 saturated carbocycles. The molecule has 8 heavy (non-hydrogen) atoms. The first-order valence-corrected chi connectivity index (χ1v) is 3.97. The van der Waals surface area contributed by atoms with Crippen LogP contribution in [0.25, 0.3) is 0 Å². The highest BCUT2D eigenvalue weighted by Crippen LogP contribution is 2.17. The van der Waals surface area contributed by atoms with Crippen LogP contribution >= 0.6 is 22.6 Å². The lowest BCUT2D eigenvalue weighted by molar-refractivity contribution is -0.119. The van der Waals surface area contributed by atoms with Crippen LogP contribution in [0.15, 0.2) is 0 Å². The third kappa shape index (κ3) is 1.87. The largest absolute Gasteiger partial charge is 0.368 e. The highest BCUT2D eigenvalue weighted by molar-refractivity contribution is 14.1. The molecule has 3 heteroatoms. The third-order valence-corrected chi connectivity index (χ3v) is 2.18. The first-order chi connectivity index (χ1) is 3.79. The van der Waals surface area contributed by atoms with Gasteiger partial charge in [0.05, 0.1) is 6.61 Å². The molecule has 1 N–H and O–H groups in total. The molecule has 2 unspecified atom stereocenters. The smallest absolute Gasteiger partial charge is 0.154 e. The molecule has 1 fully saturated rings. The van der Waals surface area contributed by atoms with Crippen LogP contribution in [0.3, 0.4) is 0 Å². The lowest BCUT2D eigenvalue weighted by Crippen LogP contribution is -2.25. The van der Waals surface area contributed by atoms with E-state index < -0.39 is 6.29 Å². The van der Waals surface area contributed by atoms with E-state index in [9.17, 15) is 0 Å². The van der Waals surface area contributed by atoms with Crippen molar-refractivity contribution in [1.29, 1.82) is 0 Å². The molecular formula is C5H9IO2. The molecule has 1 rings (SSSR count). The molecule has 0 amide bonds. The third-order valence-electron chi connectivity index (χ3n) is 1.20. The fourth-order valence-corrected chi connectivity index (χ4v) is 1.27. The van der Waals surface area contributed by atoms with Gasteiger partial charge in [-0.2, -0.15) is 0 Å². The van der Waals surface area contributed by atoms with Crippen LogP contribution in [-0.4, -0.2) is 21.9 Å². The van der Waals surface area contributed by atoms with Crippen LogP contribution in [0.4, 0.5) is 0 Å². The van der Waals surface area contributed by atoms with E-state index in [0.717, 1.165) is 12.8 Å². The maximum absolute atomic E-state index is 8.80. The monoisotopic (exact) mass is 228 g/mol. The van der Waals surface area contributed by atoms with Gasteiger partial charge in [-0.3, -0.25) is 0 Å². The molecule has 1 aliphatic rings. The molecule has 1 heterocycles. The standard InChI is InChI=1S/C5H9IO2/c6-4-1-2-5(7)8-3-4/h4-5,7H,1-3H2. The average Bonchev–Trinajstić information content (AvgIpc) is 1.77. The van der Waals surface area contributed by atoms with Crippen molar-refractivity contribution in [3.05, 3.63) is 0 Å². The molecule has 2 atom stereocenters. The molecule has 0 aromatic heterocycles. The molecular weight excluding hydrogens is 219 g/mol. The van der Waals surface area contributed by atoms with E-state index in [-0.39, 0.29) is 0 Å². The average molecular weight is 228 g/mol. The molecule has 1 saturated heterocycles. The quantitative estimate of drug-likeness (QED) is 0.493. The van der Waals surface area contributed by atoms with Crippen molar-refractivity contribution in [3.8, 4) is 0 Å². The number of hydrogen-bond acceptors (Lipinski definition) is 2. The molecule has 0 aromatic carbocycles. The van der Waals surface area contributed by atoms with Crippen LogP contribution in [-0.2, 0) is 4.74 Å². The van der Waals surface area contributed by atoms with Crippen molar-refractivity contribution in [1.82, 2.24) is 0 Å². The maximum atomic E-state index is 8.80. The summed E-state index contributed by atoms with van der Waals surface area (Å²) in [5.41, 5.74) is 0. The van der Waals surface area contributed by atoms with Crippen molar-refractivity contribution in [2.24, 2.45) is 0 Å². The summed E-state index contributed by atoms with van der Waals surface area (Å²) in [6.45, 7) is 0.710. The highest BCUT2D eigenvalue weighted by Gasteiger charge is 2.16. The van der Waals surface area contributed by atoms with E-state index in [4.69, 9.17) is 9.84 Å². The Kier molecular flexibility index (Phi) is 2.52. The van der Waals surface area contributed by atoms with Gasteiger partial charge in [0.25, 0.3) is 0 Å². The fourth-order valence-electron chi connectivity index (χ4n) is 0.706. The van der Waals surface area contributed by atoms with Gasteiger partial charge in [0, 0.05) is 3.92 Å². The summed E-state index contributed by atoms with van der Waals surface area (Å²) < 4.78 is 5.55. The second kappa shape index (κ2) is 2.98. The van der Waals surface area contributed by atoms with Crippen LogP contribution in [0.1, 0.15) is 12.8 Å². The van der Waals surface area contributed by atoms with Crippen molar-refractivity contribution < 1.29 is 9.84 Å². The number of ether oxygens (including phenoxy) is 1. The summed E-state index contributed by atoms with van der Waals surface area (Å²) in [6.07, 6.45) is 1.40. The molecule has 0 bridgehead atoms. The maximum Gasteiger partial charge on any atom is 0.154 e. The fraction of sp³-hybridized carbons (Fsp3) is 1.00. The molecule has 0 aliphatic carbocycles.